The molecule has 0 bridgehead atoms. The molecule has 10 heteroatoms. The molecule has 1 aliphatic rings. The van der Waals surface area contributed by atoms with E-state index in [0.717, 1.165) is 33.4 Å². The van der Waals surface area contributed by atoms with Crippen LogP contribution in [0.15, 0.2) is 109 Å². The van der Waals surface area contributed by atoms with Crippen LogP contribution in [0.4, 0.5) is 4.79 Å². The Hall–Kier alpha value is -5.48. The fourth-order valence-electron chi connectivity index (χ4n) is 5.80. The van der Waals surface area contributed by atoms with Crippen LogP contribution in [-0.4, -0.2) is 59.8 Å². The summed E-state index contributed by atoms with van der Waals surface area (Å²) < 4.78 is 5.69. The van der Waals surface area contributed by atoms with Gasteiger partial charge in [0, 0.05) is 18.9 Å². The highest BCUT2D eigenvalue weighted by Crippen LogP contribution is 2.44. The van der Waals surface area contributed by atoms with Gasteiger partial charge in [-0.2, -0.15) is 0 Å². The Labute approximate surface area is 279 Å². The van der Waals surface area contributed by atoms with Crippen molar-refractivity contribution >= 4 is 23.8 Å². The third-order valence-electron chi connectivity index (χ3n) is 8.36. The standard InChI is InChI=1S/C38H40N4O6/c1-24(35(44)42-34(25(2)43)37(46)39-22-27-15-7-4-8-16-27)40-36(45)33(21-26-13-5-3-6-14-26)41-38(47)48-23-32-30-19-11-9-17-28(30)29-18-10-12-20-31(29)32/h3-20,24-25,32-34,43H,21-23H2,1-2H3,(H,39,46)(H,40,45)(H,41,47)(H,42,44)/t24-,25-,33+,34+/m1/s1. The molecule has 0 saturated carbocycles. The van der Waals surface area contributed by atoms with Gasteiger partial charge in [0.15, 0.2) is 0 Å². The van der Waals surface area contributed by atoms with Crippen molar-refractivity contribution in [3.8, 4) is 11.1 Å². The summed E-state index contributed by atoms with van der Waals surface area (Å²) in [6, 6.07) is 31.0. The van der Waals surface area contributed by atoms with E-state index in [-0.39, 0.29) is 25.5 Å². The number of hydrogen-bond acceptors (Lipinski definition) is 6. The second-order valence-electron chi connectivity index (χ2n) is 11.9. The SMILES string of the molecule is C[C@@H](NC(=O)[C@H](Cc1ccccc1)NC(=O)OCC1c2ccccc2-c2ccccc21)C(=O)N[C@H](C(=O)NCc1ccccc1)[C@@H](C)O. The summed E-state index contributed by atoms with van der Waals surface area (Å²) in [5, 5.41) is 20.8. The van der Waals surface area contributed by atoms with Gasteiger partial charge in [0.25, 0.3) is 0 Å². The maximum Gasteiger partial charge on any atom is 0.407 e. The van der Waals surface area contributed by atoms with Crippen LogP contribution in [0.3, 0.4) is 0 Å². The molecular formula is C38H40N4O6. The zero-order chi connectivity index (χ0) is 34.0. The van der Waals surface area contributed by atoms with Gasteiger partial charge in [0.2, 0.25) is 17.7 Å². The summed E-state index contributed by atoms with van der Waals surface area (Å²) in [4.78, 5) is 52.6. The number of aliphatic hydroxyl groups excluding tert-OH is 1. The van der Waals surface area contributed by atoms with Gasteiger partial charge in [-0.3, -0.25) is 14.4 Å². The summed E-state index contributed by atoms with van der Waals surface area (Å²) in [6.45, 7) is 3.14. The number of carbonyl (C=O) groups excluding carboxylic acids is 4. The lowest BCUT2D eigenvalue weighted by molar-refractivity contribution is -0.134. The maximum atomic E-state index is 13.5. The topological polar surface area (TPSA) is 146 Å². The predicted octanol–water partition coefficient (Wildman–Crippen LogP) is 3.82. The van der Waals surface area contributed by atoms with E-state index in [1.165, 1.54) is 13.8 Å². The average Bonchev–Trinajstić information content (AvgIpc) is 3.42. The highest BCUT2D eigenvalue weighted by molar-refractivity contribution is 5.94. The van der Waals surface area contributed by atoms with Gasteiger partial charge in [-0.1, -0.05) is 109 Å². The van der Waals surface area contributed by atoms with E-state index in [2.05, 4.69) is 21.3 Å². The Balaban J connectivity index is 1.21. The second kappa shape index (κ2) is 15.9. The molecule has 0 aromatic heterocycles. The molecule has 5 rings (SSSR count). The van der Waals surface area contributed by atoms with Crippen LogP contribution < -0.4 is 21.3 Å². The molecule has 0 heterocycles. The molecule has 48 heavy (non-hydrogen) atoms. The first kappa shape index (κ1) is 33.9. The van der Waals surface area contributed by atoms with Crippen LogP contribution in [0.5, 0.6) is 0 Å². The van der Waals surface area contributed by atoms with Gasteiger partial charge in [0.1, 0.15) is 24.7 Å². The van der Waals surface area contributed by atoms with Gasteiger partial charge >= 0.3 is 6.09 Å². The molecule has 4 aromatic carbocycles. The second-order valence-corrected chi connectivity index (χ2v) is 11.9. The average molecular weight is 649 g/mol. The van der Waals surface area contributed by atoms with Crippen LogP contribution in [0.2, 0.25) is 0 Å². The fraction of sp³-hybridized carbons (Fsp3) is 0.263. The van der Waals surface area contributed by atoms with Crippen LogP contribution >= 0.6 is 0 Å². The monoisotopic (exact) mass is 648 g/mol. The van der Waals surface area contributed by atoms with E-state index >= 15 is 0 Å². The number of fused-ring (bicyclic) bond motifs is 3. The molecule has 0 spiro atoms. The molecule has 4 amide bonds. The molecule has 5 N–H and O–H groups in total. The van der Waals surface area contributed by atoms with Crippen LogP contribution in [0.1, 0.15) is 42.0 Å². The number of amides is 4. The zero-order valence-corrected chi connectivity index (χ0v) is 26.9. The first-order chi connectivity index (χ1) is 23.2. The van der Waals surface area contributed by atoms with Gasteiger partial charge in [-0.05, 0) is 47.2 Å². The molecule has 0 saturated heterocycles. The molecule has 4 aromatic rings. The first-order valence-electron chi connectivity index (χ1n) is 16.0. The van der Waals surface area contributed by atoms with Crippen LogP contribution in [0, 0.1) is 0 Å². The Kier molecular flexibility index (Phi) is 11.2. The molecule has 1 aliphatic carbocycles. The smallest absolute Gasteiger partial charge is 0.407 e. The number of alkyl carbamates (subject to hydrolysis) is 1. The Bertz CT molecular complexity index is 1680. The number of carbonyl (C=O) groups is 4. The predicted molar refractivity (Wildman–Crippen MR) is 182 cm³/mol. The zero-order valence-electron chi connectivity index (χ0n) is 26.9. The van der Waals surface area contributed by atoms with Crippen molar-refractivity contribution in [2.24, 2.45) is 0 Å². The third kappa shape index (κ3) is 8.45. The number of nitrogens with one attached hydrogen (secondary N) is 4. The van der Waals surface area contributed by atoms with Gasteiger partial charge in [-0.15, -0.1) is 0 Å². The molecule has 0 unspecified atom stereocenters. The van der Waals surface area contributed by atoms with E-state index < -0.39 is 48.0 Å². The minimum absolute atomic E-state index is 0.0748. The summed E-state index contributed by atoms with van der Waals surface area (Å²) in [7, 11) is 0. The van der Waals surface area contributed by atoms with E-state index in [1.54, 1.807) is 0 Å². The molecule has 4 atom stereocenters. The summed E-state index contributed by atoms with van der Waals surface area (Å²) in [5.74, 6) is -2.01. The number of benzene rings is 4. The Morgan fingerprint density at radius 3 is 1.79 bits per heavy atom. The molecule has 0 aliphatic heterocycles. The molecule has 10 nitrogen and oxygen atoms in total. The summed E-state index contributed by atoms with van der Waals surface area (Å²) >= 11 is 0. The van der Waals surface area contributed by atoms with Crippen molar-refractivity contribution < 1.29 is 29.0 Å². The number of rotatable bonds is 13. The number of hydrogen-bond donors (Lipinski definition) is 5. The van der Waals surface area contributed by atoms with E-state index in [1.807, 2.05) is 109 Å². The van der Waals surface area contributed by atoms with Gasteiger partial charge < -0.3 is 31.1 Å². The summed E-state index contributed by atoms with van der Waals surface area (Å²) in [6.07, 6.45) is -1.83. The van der Waals surface area contributed by atoms with Gasteiger partial charge in [-0.25, -0.2) is 4.79 Å². The highest BCUT2D eigenvalue weighted by Gasteiger charge is 2.32. The van der Waals surface area contributed by atoms with Crippen molar-refractivity contribution in [1.29, 1.82) is 0 Å². The maximum absolute atomic E-state index is 13.5. The van der Waals surface area contributed by atoms with E-state index in [9.17, 15) is 24.3 Å². The minimum atomic E-state index is -1.25. The lowest BCUT2D eigenvalue weighted by atomic mass is 9.98. The van der Waals surface area contributed by atoms with E-state index in [0.29, 0.717) is 0 Å². The van der Waals surface area contributed by atoms with Gasteiger partial charge in [0.05, 0.1) is 6.10 Å². The van der Waals surface area contributed by atoms with Crippen molar-refractivity contribution in [2.45, 2.75) is 57.0 Å². The van der Waals surface area contributed by atoms with Crippen molar-refractivity contribution in [3.05, 3.63) is 131 Å². The van der Waals surface area contributed by atoms with Crippen molar-refractivity contribution in [1.82, 2.24) is 21.3 Å². The van der Waals surface area contributed by atoms with Crippen LogP contribution in [0.25, 0.3) is 11.1 Å². The third-order valence-corrected chi connectivity index (χ3v) is 8.36. The lowest BCUT2D eigenvalue weighted by Gasteiger charge is -2.25. The van der Waals surface area contributed by atoms with Crippen molar-refractivity contribution in [3.63, 3.8) is 0 Å². The van der Waals surface area contributed by atoms with Crippen LogP contribution in [-0.2, 0) is 32.1 Å². The molecule has 0 fully saturated rings. The Morgan fingerprint density at radius 2 is 1.21 bits per heavy atom. The lowest BCUT2D eigenvalue weighted by Crippen LogP contribution is -2.58. The molecule has 248 valence electrons. The Morgan fingerprint density at radius 1 is 0.667 bits per heavy atom. The van der Waals surface area contributed by atoms with E-state index in [4.69, 9.17) is 4.74 Å². The summed E-state index contributed by atoms with van der Waals surface area (Å²) in [5.41, 5.74) is 5.97. The number of ether oxygens (including phenoxy) is 1. The molecule has 0 radical (unpaired) electrons. The normalized spacial score (nSPS) is 14.3. The highest BCUT2D eigenvalue weighted by atomic mass is 16.5. The molecular weight excluding hydrogens is 608 g/mol. The largest absolute Gasteiger partial charge is 0.449 e. The quantitative estimate of drug-likeness (QED) is 0.149. The van der Waals surface area contributed by atoms with Crippen molar-refractivity contribution in [2.75, 3.05) is 6.61 Å². The number of aliphatic hydroxyl groups is 1. The first-order valence-corrected chi connectivity index (χ1v) is 16.0. The minimum Gasteiger partial charge on any atom is -0.449 e. The fourth-order valence-corrected chi connectivity index (χ4v) is 5.80.